The summed E-state index contributed by atoms with van der Waals surface area (Å²) in [6.45, 7) is 0.317. The summed E-state index contributed by atoms with van der Waals surface area (Å²) in [6.07, 6.45) is 6.40. The Morgan fingerprint density at radius 3 is 2.46 bits per heavy atom. The summed E-state index contributed by atoms with van der Waals surface area (Å²) in [5.41, 5.74) is 7.89. The first-order valence-corrected chi connectivity index (χ1v) is 11.5. The fourth-order valence-electron chi connectivity index (χ4n) is 3.83. The van der Waals surface area contributed by atoms with Crippen LogP contribution in [-0.2, 0) is 9.59 Å². The highest BCUT2D eigenvalue weighted by molar-refractivity contribution is 5.97. The van der Waals surface area contributed by atoms with Crippen LogP contribution >= 0.6 is 0 Å². The highest BCUT2D eigenvalue weighted by Crippen LogP contribution is 2.30. The fourth-order valence-corrected chi connectivity index (χ4v) is 3.83. The Kier molecular flexibility index (Phi) is 9.19. The third-order valence-corrected chi connectivity index (χ3v) is 5.59. The molecule has 4 amide bonds. The number of carbonyl (C=O) groups is 3. The number of benzene rings is 2. The Morgan fingerprint density at radius 2 is 1.77 bits per heavy atom. The van der Waals surface area contributed by atoms with Gasteiger partial charge in [-0.2, -0.15) is 5.26 Å². The zero-order valence-electron chi connectivity index (χ0n) is 19.3. The van der Waals surface area contributed by atoms with E-state index in [-0.39, 0.29) is 12.3 Å². The van der Waals surface area contributed by atoms with Gasteiger partial charge in [0.25, 0.3) is 0 Å². The highest BCUT2D eigenvalue weighted by atomic mass is 16.2. The summed E-state index contributed by atoms with van der Waals surface area (Å²) in [4.78, 5) is 40.0. The van der Waals surface area contributed by atoms with Gasteiger partial charge in [-0.15, -0.1) is 0 Å². The van der Waals surface area contributed by atoms with Crippen LogP contribution in [-0.4, -0.2) is 30.7 Å². The minimum absolute atomic E-state index is 0.0406. The van der Waals surface area contributed by atoms with E-state index in [0.29, 0.717) is 47.2 Å². The van der Waals surface area contributed by atoms with E-state index in [1.54, 1.807) is 42.5 Å². The highest BCUT2D eigenvalue weighted by Gasteiger charge is 2.18. The van der Waals surface area contributed by atoms with Gasteiger partial charge in [0.05, 0.1) is 29.3 Å². The van der Waals surface area contributed by atoms with Crippen molar-refractivity contribution >= 4 is 46.9 Å². The first-order valence-electron chi connectivity index (χ1n) is 11.5. The predicted octanol–water partition coefficient (Wildman–Crippen LogP) is 3.85. The smallest absolute Gasteiger partial charge is 0.324 e. The molecule has 35 heavy (non-hydrogen) atoms. The molecule has 2 aromatic rings. The number of nitriles is 1. The van der Waals surface area contributed by atoms with Gasteiger partial charge in [0, 0.05) is 30.8 Å². The third-order valence-electron chi connectivity index (χ3n) is 5.59. The van der Waals surface area contributed by atoms with Crippen LogP contribution in [0, 0.1) is 17.2 Å². The number of hydrogen-bond acceptors (Lipinski definition) is 6. The molecule has 0 aliphatic heterocycles. The van der Waals surface area contributed by atoms with E-state index in [4.69, 9.17) is 11.0 Å². The summed E-state index contributed by atoms with van der Waals surface area (Å²) >= 11 is 0. The van der Waals surface area contributed by atoms with Crippen molar-refractivity contribution in [2.24, 2.45) is 16.6 Å². The van der Waals surface area contributed by atoms with Crippen molar-refractivity contribution in [2.45, 2.75) is 38.5 Å². The summed E-state index contributed by atoms with van der Waals surface area (Å²) in [7, 11) is 0. The fraction of sp³-hybridized carbons (Fsp3) is 0.320. The lowest BCUT2D eigenvalue weighted by Crippen LogP contribution is -2.27. The zero-order valence-corrected chi connectivity index (χ0v) is 19.3. The Morgan fingerprint density at radius 1 is 1.06 bits per heavy atom. The molecule has 10 nitrogen and oxygen atoms in total. The molecule has 0 saturated heterocycles. The van der Waals surface area contributed by atoms with E-state index in [2.05, 4.69) is 26.3 Å². The van der Waals surface area contributed by atoms with Crippen molar-refractivity contribution in [1.29, 1.82) is 5.26 Å². The molecule has 1 aliphatic rings. The van der Waals surface area contributed by atoms with E-state index >= 15 is 0 Å². The van der Waals surface area contributed by atoms with Crippen LogP contribution in [0.2, 0.25) is 0 Å². The molecule has 0 atom stereocenters. The summed E-state index contributed by atoms with van der Waals surface area (Å²) < 4.78 is 0. The second kappa shape index (κ2) is 12.7. The SMILES string of the molecule is N#Cc1ccc(NC(=O)NC=Nc2cc(NC(=O)CC3CCCC3)ccc2NCCC(N)=O)cc1. The van der Waals surface area contributed by atoms with Crippen LogP contribution in [0.5, 0.6) is 0 Å². The van der Waals surface area contributed by atoms with Gasteiger partial charge in [0.1, 0.15) is 0 Å². The van der Waals surface area contributed by atoms with Crippen molar-refractivity contribution in [3.05, 3.63) is 48.0 Å². The van der Waals surface area contributed by atoms with Crippen LogP contribution in [0.15, 0.2) is 47.5 Å². The summed E-state index contributed by atoms with van der Waals surface area (Å²) in [5, 5.41) is 20.0. The van der Waals surface area contributed by atoms with Crippen LogP contribution in [0.3, 0.4) is 0 Å². The molecule has 1 aliphatic carbocycles. The van der Waals surface area contributed by atoms with Gasteiger partial charge in [-0.25, -0.2) is 9.79 Å². The first kappa shape index (κ1) is 25.2. The quantitative estimate of drug-likeness (QED) is 0.260. The number of amides is 4. The lowest BCUT2D eigenvalue weighted by atomic mass is 10.0. The molecule has 0 spiro atoms. The van der Waals surface area contributed by atoms with E-state index in [9.17, 15) is 14.4 Å². The molecule has 3 rings (SSSR count). The molecular weight excluding hydrogens is 446 g/mol. The Balaban J connectivity index is 1.64. The van der Waals surface area contributed by atoms with Gasteiger partial charge < -0.3 is 21.7 Å². The monoisotopic (exact) mass is 475 g/mol. The number of aliphatic imine (C=N–C) groups is 1. The minimum atomic E-state index is -0.511. The first-order chi connectivity index (χ1) is 16.9. The number of nitrogens with one attached hydrogen (secondary N) is 4. The Labute approximate surface area is 204 Å². The van der Waals surface area contributed by atoms with Crippen molar-refractivity contribution < 1.29 is 14.4 Å². The predicted molar refractivity (Wildman–Crippen MR) is 135 cm³/mol. The van der Waals surface area contributed by atoms with Gasteiger partial charge in [-0.05, 0) is 61.2 Å². The Bertz CT molecular complexity index is 1120. The van der Waals surface area contributed by atoms with Crippen molar-refractivity contribution in [3.8, 4) is 6.07 Å². The molecule has 0 unspecified atom stereocenters. The van der Waals surface area contributed by atoms with Crippen molar-refractivity contribution in [2.75, 3.05) is 22.5 Å². The summed E-state index contributed by atoms with van der Waals surface area (Å²) in [6, 6.07) is 13.1. The molecule has 1 saturated carbocycles. The van der Waals surface area contributed by atoms with Crippen LogP contribution < -0.4 is 27.0 Å². The maximum Gasteiger partial charge on any atom is 0.324 e. The number of nitrogens with two attached hydrogens (primary N) is 1. The molecule has 0 heterocycles. The van der Waals surface area contributed by atoms with Gasteiger partial charge in [0.2, 0.25) is 11.8 Å². The van der Waals surface area contributed by atoms with E-state index in [1.807, 2.05) is 6.07 Å². The lowest BCUT2D eigenvalue weighted by Gasteiger charge is -2.13. The largest absolute Gasteiger partial charge is 0.383 e. The zero-order chi connectivity index (χ0) is 25.0. The second-order valence-corrected chi connectivity index (χ2v) is 8.32. The Hall–Kier alpha value is -4.39. The molecule has 10 heteroatoms. The number of rotatable bonds is 10. The number of anilines is 3. The molecule has 6 N–H and O–H groups in total. The second-order valence-electron chi connectivity index (χ2n) is 8.32. The van der Waals surface area contributed by atoms with Gasteiger partial charge in [0.15, 0.2) is 0 Å². The minimum Gasteiger partial charge on any atom is -0.383 e. The topological polar surface area (TPSA) is 162 Å². The van der Waals surface area contributed by atoms with Gasteiger partial charge in [-0.1, -0.05) is 12.8 Å². The average molecular weight is 476 g/mol. The maximum atomic E-state index is 12.4. The number of urea groups is 1. The van der Waals surface area contributed by atoms with Crippen LogP contribution in [0.1, 0.15) is 44.1 Å². The van der Waals surface area contributed by atoms with Crippen molar-refractivity contribution in [3.63, 3.8) is 0 Å². The molecular formula is C25H29N7O3. The van der Waals surface area contributed by atoms with E-state index in [1.165, 1.54) is 19.2 Å². The van der Waals surface area contributed by atoms with Gasteiger partial charge in [-0.3, -0.25) is 14.9 Å². The van der Waals surface area contributed by atoms with E-state index in [0.717, 1.165) is 12.8 Å². The van der Waals surface area contributed by atoms with Crippen LogP contribution in [0.25, 0.3) is 0 Å². The van der Waals surface area contributed by atoms with Gasteiger partial charge >= 0.3 is 6.03 Å². The lowest BCUT2D eigenvalue weighted by molar-refractivity contribution is -0.118. The number of hydrogen-bond donors (Lipinski definition) is 5. The molecule has 2 aromatic carbocycles. The maximum absolute atomic E-state index is 12.4. The third kappa shape index (κ3) is 8.47. The summed E-state index contributed by atoms with van der Waals surface area (Å²) in [5.74, 6) is -0.0401. The molecule has 0 aromatic heterocycles. The molecule has 0 radical (unpaired) electrons. The molecule has 1 fully saturated rings. The normalized spacial score (nSPS) is 13.2. The molecule has 182 valence electrons. The molecule has 0 bridgehead atoms. The number of carbonyl (C=O) groups excluding carboxylic acids is 3. The average Bonchev–Trinajstić information content (AvgIpc) is 3.33. The number of primary amides is 1. The van der Waals surface area contributed by atoms with Crippen molar-refractivity contribution in [1.82, 2.24) is 5.32 Å². The number of nitrogens with zero attached hydrogens (tertiary/aromatic N) is 2. The standard InChI is InChI=1S/C25H29N7O3/c26-15-18-5-7-19(8-6-18)32-25(35)30-16-29-22-14-20(9-10-21(22)28-12-11-23(27)33)31-24(34)13-17-3-1-2-4-17/h5-10,14,16-17,28H,1-4,11-13H2,(H2,27,33)(H,31,34)(H2,29,30,32,35). The van der Waals surface area contributed by atoms with Crippen LogP contribution in [0.4, 0.5) is 27.5 Å². The van der Waals surface area contributed by atoms with E-state index < -0.39 is 11.9 Å².